The van der Waals surface area contributed by atoms with Crippen LogP contribution in [0, 0.1) is 0 Å². The van der Waals surface area contributed by atoms with Crippen LogP contribution >= 0.6 is 11.8 Å². The number of hydrogen-bond donors (Lipinski definition) is 1. The van der Waals surface area contributed by atoms with Crippen LogP contribution in [0.3, 0.4) is 0 Å². The number of anilines is 3. The second-order valence-electron chi connectivity index (χ2n) is 8.50. The molecule has 0 bridgehead atoms. The third-order valence-corrected chi connectivity index (χ3v) is 6.81. The molecule has 0 unspecified atom stereocenters. The number of hydrogen-bond acceptors (Lipinski definition) is 7. The first kappa shape index (κ1) is 23.9. The van der Waals surface area contributed by atoms with Gasteiger partial charge in [-0.2, -0.15) is 0 Å². The fourth-order valence-electron chi connectivity index (χ4n) is 3.86. The number of thioether (sulfide) groups is 1. The van der Waals surface area contributed by atoms with Gasteiger partial charge in [-0.15, -0.1) is 0 Å². The molecule has 1 fully saturated rings. The third-order valence-electron chi connectivity index (χ3n) is 5.88. The van der Waals surface area contributed by atoms with E-state index in [0.717, 1.165) is 48.5 Å². The van der Waals surface area contributed by atoms with Crippen molar-refractivity contribution in [2.45, 2.75) is 24.8 Å². The van der Waals surface area contributed by atoms with Crippen LogP contribution in [0.5, 0.6) is 5.75 Å². The lowest BCUT2D eigenvalue weighted by atomic mass is 10.0. The Morgan fingerprint density at radius 1 is 1.00 bits per heavy atom. The normalized spacial score (nSPS) is 13.8. The van der Waals surface area contributed by atoms with Crippen molar-refractivity contribution in [3.8, 4) is 5.75 Å². The van der Waals surface area contributed by atoms with E-state index in [1.54, 1.807) is 13.4 Å². The molecule has 2 aromatic carbocycles. The summed E-state index contributed by atoms with van der Waals surface area (Å²) in [6.07, 6.45) is 1.58. The van der Waals surface area contributed by atoms with Crippen molar-refractivity contribution >= 4 is 34.9 Å². The number of nitrogens with one attached hydrogen (secondary N) is 1. The highest BCUT2D eigenvalue weighted by molar-refractivity contribution is 7.99. The SMILES string of the molecule is COc1ccc(N2CCN(c3cc(SCC(=O)Nc4ccc(C(C)C)cc4)ncn3)CC2)cc1. The van der Waals surface area contributed by atoms with E-state index < -0.39 is 0 Å². The van der Waals surface area contributed by atoms with Gasteiger partial charge in [0.25, 0.3) is 0 Å². The summed E-state index contributed by atoms with van der Waals surface area (Å²) in [6.45, 7) is 7.88. The molecule has 1 amide bonds. The van der Waals surface area contributed by atoms with Gasteiger partial charge >= 0.3 is 0 Å². The second kappa shape index (κ2) is 11.2. The van der Waals surface area contributed by atoms with Gasteiger partial charge in [0.15, 0.2) is 0 Å². The monoisotopic (exact) mass is 477 g/mol. The topological polar surface area (TPSA) is 70.6 Å². The Kier molecular flexibility index (Phi) is 7.90. The zero-order chi connectivity index (χ0) is 23.9. The van der Waals surface area contributed by atoms with Crippen molar-refractivity contribution in [1.29, 1.82) is 0 Å². The highest BCUT2D eigenvalue weighted by Crippen LogP contribution is 2.24. The zero-order valence-electron chi connectivity index (χ0n) is 19.9. The summed E-state index contributed by atoms with van der Waals surface area (Å²) in [5.74, 6) is 2.49. The van der Waals surface area contributed by atoms with Gasteiger partial charge in [-0.25, -0.2) is 9.97 Å². The van der Waals surface area contributed by atoms with Crippen LogP contribution in [0.15, 0.2) is 66.0 Å². The number of rotatable bonds is 8. The summed E-state index contributed by atoms with van der Waals surface area (Å²) < 4.78 is 5.25. The van der Waals surface area contributed by atoms with Gasteiger partial charge in [0.2, 0.25) is 5.91 Å². The molecule has 1 aromatic heterocycles. The largest absolute Gasteiger partial charge is 0.497 e. The number of piperazine rings is 1. The van der Waals surface area contributed by atoms with E-state index in [2.05, 4.69) is 63.2 Å². The maximum Gasteiger partial charge on any atom is 0.234 e. The average molecular weight is 478 g/mol. The average Bonchev–Trinajstić information content (AvgIpc) is 2.88. The Labute approximate surface area is 205 Å². The number of ether oxygens (including phenoxy) is 1. The Morgan fingerprint density at radius 3 is 2.32 bits per heavy atom. The molecule has 1 N–H and O–H groups in total. The maximum atomic E-state index is 12.4. The third kappa shape index (κ3) is 6.20. The van der Waals surface area contributed by atoms with Gasteiger partial charge in [0.05, 0.1) is 12.9 Å². The molecule has 1 saturated heterocycles. The van der Waals surface area contributed by atoms with Crippen LogP contribution in [0.25, 0.3) is 0 Å². The van der Waals surface area contributed by atoms with Gasteiger partial charge in [-0.1, -0.05) is 37.7 Å². The zero-order valence-corrected chi connectivity index (χ0v) is 20.7. The molecule has 34 heavy (non-hydrogen) atoms. The number of benzene rings is 2. The summed E-state index contributed by atoms with van der Waals surface area (Å²) in [4.78, 5) is 25.8. The van der Waals surface area contributed by atoms with Crippen molar-refractivity contribution in [1.82, 2.24) is 9.97 Å². The Morgan fingerprint density at radius 2 is 1.68 bits per heavy atom. The molecule has 178 valence electrons. The van der Waals surface area contributed by atoms with Crippen LogP contribution in [-0.4, -0.2) is 54.9 Å². The molecular formula is C26H31N5O2S. The fourth-order valence-corrected chi connectivity index (χ4v) is 4.52. The second-order valence-corrected chi connectivity index (χ2v) is 9.50. The predicted molar refractivity (Wildman–Crippen MR) is 139 cm³/mol. The van der Waals surface area contributed by atoms with Crippen LogP contribution in [0.1, 0.15) is 25.3 Å². The number of nitrogens with zero attached hydrogens (tertiary/aromatic N) is 4. The highest BCUT2D eigenvalue weighted by atomic mass is 32.2. The van der Waals surface area contributed by atoms with E-state index in [0.29, 0.717) is 11.7 Å². The van der Waals surface area contributed by atoms with Crippen LogP contribution in [0.2, 0.25) is 0 Å². The summed E-state index contributed by atoms with van der Waals surface area (Å²) in [6, 6.07) is 18.2. The summed E-state index contributed by atoms with van der Waals surface area (Å²) in [5, 5.41) is 3.76. The molecule has 0 atom stereocenters. The van der Waals surface area contributed by atoms with E-state index in [9.17, 15) is 4.79 Å². The van der Waals surface area contributed by atoms with Crippen molar-refractivity contribution in [2.75, 3.05) is 54.2 Å². The van der Waals surface area contributed by atoms with Crippen molar-refractivity contribution < 1.29 is 9.53 Å². The highest BCUT2D eigenvalue weighted by Gasteiger charge is 2.19. The van der Waals surface area contributed by atoms with Crippen LogP contribution in [-0.2, 0) is 4.79 Å². The van der Waals surface area contributed by atoms with Crippen LogP contribution < -0.4 is 19.9 Å². The quantitative estimate of drug-likeness (QED) is 0.374. The fraction of sp³-hybridized carbons (Fsp3) is 0.346. The molecule has 0 saturated carbocycles. The van der Waals surface area contributed by atoms with E-state index in [-0.39, 0.29) is 5.91 Å². The molecular weight excluding hydrogens is 446 g/mol. The Balaban J connectivity index is 1.27. The standard InChI is InChI=1S/C26H31N5O2S/c1-19(2)20-4-6-21(7-5-20)29-25(32)17-34-26-16-24(27-18-28-26)31-14-12-30(13-15-31)22-8-10-23(33-3)11-9-22/h4-11,16,18-19H,12-15,17H2,1-3H3,(H,29,32). The van der Waals surface area contributed by atoms with Crippen molar-refractivity contribution in [2.24, 2.45) is 0 Å². The predicted octanol–water partition coefficient (Wildman–Crippen LogP) is 4.67. The number of amides is 1. The van der Waals surface area contributed by atoms with Gasteiger partial charge in [0.1, 0.15) is 22.9 Å². The molecule has 0 radical (unpaired) electrons. The van der Waals surface area contributed by atoms with E-state index in [1.165, 1.54) is 23.0 Å². The molecule has 1 aliphatic rings. The maximum absolute atomic E-state index is 12.4. The molecule has 4 rings (SSSR count). The molecule has 0 spiro atoms. The minimum Gasteiger partial charge on any atom is -0.497 e. The first-order valence-electron chi connectivity index (χ1n) is 11.5. The van der Waals surface area contributed by atoms with Crippen molar-refractivity contribution in [3.05, 3.63) is 66.5 Å². The minimum absolute atomic E-state index is 0.0458. The Bertz CT molecular complexity index is 1080. The minimum atomic E-state index is -0.0458. The lowest BCUT2D eigenvalue weighted by Crippen LogP contribution is -2.46. The lowest BCUT2D eigenvalue weighted by Gasteiger charge is -2.36. The molecule has 7 nitrogen and oxygen atoms in total. The number of carbonyl (C=O) groups is 1. The summed E-state index contributed by atoms with van der Waals surface area (Å²) in [5.41, 5.74) is 3.27. The van der Waals surface area contributed by atoms with Gasteiger partial charge in [-0.05, 0) is 47.9 Å². The van der Waals surface area contributed by atoms with Gasteiger partial charge < -0.3 is 19.9 Å². The molecule has 0 aliphatic carbocycles. The van der Waals surface area contributed by atoms with E-state index >= 15 is 0 Å². The first-order chi connectivity index (χ1) is 16.5. The van der Waals surface area contributed by atoms with Crippen LogP contribution in [0.4, 0.5) is 17.2 Å². The Hall–Kier alpha value is -3.26. The van der Waals surface area contributed by atoms with Gasteiger partial charge in [0, 0.05) is 43.6 Å². The summed E-state index contributed by atoms with van der Waals surface area (Å²) in [7, 11) is 1.68. The molecule has 8 heteroatoms. The number of aromatic nitrogens is 2. The summed E-state index contributed by atoms with van der Waals surface area (Å²) >= 11 is 1.42. The van der Waals surface area contributed by atoms with E-state index in [4.69, 9.17) is 4.74 Å². The first-order valence-corrected chi connectivity index (χ1v) is 12.5. The number of methoxy groups -OCH3 is 1. The molecule has 1 aliphatic heterocycles. The smallest absolute Gasteiger partial charge is 0.234 e. The van der Waals surface area contributed by atoms with Gasteiger partial charge in [-0.3, -0.25) is 4.79 Å². The molecule has 3 aromatic rings. The van der Waals surface area contributed by atoms with E-state index in [1.807, 2.05) is 30.3 Å². The lowest BCUT2D eigenvalue weighted by molar-refractivity contribution is -0.113. The molecule has 2 heterocycles. The van der Waals surface area contributed by atoms with Crippen molar-refractivity contribution in [3.63, 3.8) is 0 Å². The number of carbonyl (C=O) groups excluding carboxylic acids is 1.